The van der Waals surface area contributed by atoms with Crippen molar-refractivity contribution in [2.45, 2.75) is 33.1 Å². The number of amides is 1. The van der Waals surface area contributed by atoms with Crippen LogP contribution in [-0.2, 0) is 14.3 Å². The number of primary amides is 1. The first-order valence-electron chi connectivity index (χ1n) is 5.80. The highest BCUT2D eigenvalue weighted by atomic mass is 16.5. The molecule has 94 valence electrons. The van der Waals surface area contributed by atoms with E-state index >= 15 is 0 Å². The lowest BCUT2D eigenvalue weighted by Crippen LogP contribution is -2.12. The molecule has 0 saturated heterocycles. The summed E-state index contributed by atoms with van der Waals surface area (Å²) < 4.78 is 10.6. The van der Waals surface area contributed by atoms with Gasteiger partial charge in [-0.1, -0.05) is 19.4 Å². The first-order valence-corrected chi connectivity index (χ1v) is 5.80. The molecule has 0 radical (unpaired) electrons. The van der Waals surface area contributed by atoms with E-state index in [0.29, 0.717) is 31.8 Å². The summed E-state index contributed by atoms with van der Waals surface area (Å²) in [6, 6.07) is 0. The van der Waals surface area contributed by atoms with Crippen LogP contribution < -0.4 is 5.73 Å². The Morgan fingerprint density at radius 2 is 1.81 bits per heavy atom. The van der Waals surface area contributed by atoms with Crippen molar-refractivity contribution >= 4 is 5.91 Å². The van der Waals surface area contributed by atoms with Crippen LogP contribution >= 0.6 is 0 Å². The standard InChI is InChI=1S/C12H23NO3/c1-3-4-7-15-9-10-16-8-5-6-11(2)12(13)14/h6H,3-5,7-10H2,1-2H3,(H2,13,14). The number of hydrogen-bond donors (Lipinski definition) is 1. The Balaban J connectivity index is 3.21. The van der Waals surface area contributed by atoms with Crippen molar-refractivity contribution in [1.82, 2.24) is 0 Å². The average molecular weight is 229 g/mol. The third-order valence-corrected chi connectivity index (χ3v) is 2.12. The van der Waals surface area contributed by atoms with Gasteiger partial charge < -0.3 is 15.2 Å². The third kappa shape index (κ3) is 9.68. The lowest BCUT2D eigenvalue weighted by Gasteiger charge is -2.04. The number of ether oxygens (including phenoxy) is 2. The topological polar surface area (TPSA) is 61.6 Å². The van der Waals surface area contributed by atoms with Gasteiger partial charge in [0.1, 0.15) is 0 Å². The van der Waals surface area contributed by atoms with Crippen molar-refractivity contribution < 1.29 is 14.3 Å². The van der Waals surface area contributed by atoms with Crippen molar-refractivity contribution in [1.29, 1.82) is 0 Å². The highest BCUT2D eigenvalue weighted by molar-refractivity contribution is 5.91. The van der Waals surface area contributed by atoms with Crippen LogP contribution in [0.3, 0.4) is 0 Å². The van der Waals surface area contributed by atoms with E-state index in [9.17, 15) is 4.79 Å². The molecule has 0 aliphatic rings. The predicted molar refractivity (Wildman–Crippen MR) is 64.1 cm³/mol. The molecule has 0 atom stereocenters. The highest BCUT2D eigenvalue weighted by Gasteiger charge is 1.95. The molecule has 0 aliphatic carbocycles. The number of hydrogen-bond acceptors (Lipinski definition) is 3. The highest BCUT2D eigenvalue weighted by Crippen LogP contribution is 1.94. The van der Waals surface area contributed by atoms with E-state index in [4.69, 9.17) is 15.2 Å². The molecule has 0 bridgehead atoms. The van der Waals surface area contributed by atoms with E-state index < -0.39 is 0 Å². The van der Waals surface area contributed by atoms with Gasteiger partial charge in [-0.25, -0.2) is 0 Å². The lowest BCUT2D eigenvalue weighted by atomic mass is 10.2. The van der Waals surface area contributed by atoms with Gasteiger partial charge in [-0.05, 0) is 19.8 Å². The summed E-state index contributed by atoms with van der Waals surface area (Å²) in [7, 11) is 0. The first-order chi connectivity index (χ1) is 7.68. The van der Waals surface area contributed by atoms with Crippen LogP contribution in [0.4, 0.5) is 0 Å². The molecule has 4 nitrogen and oxygen atoms in total. The molecule has 4 heteroatoms. The van der Waals surface area contributed by atoms with Gasteiger partial charge >= 0.3 is 0 Å². The SMILES string of the molecule is CCCCOCCOCCC=C(C)C(N)=O. The quantitative estimate of drug-likeness (QED) is 0.457. The zero-order chi connectivity index (χ0) is 12.2. The number of carbonyl (C=O) groups is 1. The zero-order valence-electron chi connectivity index (χ0n) is 10.3. The van der Waals surface area contributed by atoms with Crippen molar-refractivity contribution in [3.63, 3.8) is 0 Å². The normalized spacial score (nSPS) is 11.8. The largest absolute Gasteiger partial charge is 0.379 e. The van der Waals surface area contributed by atoms with Crippen LogP contribution in [0.5, 0.6) is 0 Å². The van der Waals surface area contributed by atoms with Crippen LogP contribution in [0, 0.1) is 0 Å². The monoisotopic (exact) mass is 229 g/mol. The Labute approximate surface area is 97.8 Å². The Bertz CT molecular complexity index is 214. The van der Waals surface area contributed by atoms with Crippen molar-refractivity contribution in [3.8, 4) is 0 Å². The maximum absolute atomic E-state index is 10.7. The lowest BCUT2D eigenvalue weighted by molar-refractivity contribution is -0.114. The van der Waals surface area contributed by atoms with Gasteiger partial charge in [-0.3, -0.25) is 4.79 Å². The van der Waals surface area contributed by atoms with E-state index in [1.807, 2.05) is 0 Å². The van der Waals surface area contributed by atoms with Gasteiger partial charge in [-0.2, -0.15) is 0 Å². The third-order valence-electron chi connectivity index (χ3n) is 2.12. The van der Waals surface area contributed by atoms with Gasteiger partial charge in [0.25, 0.3) is 0 Å². The molecule has 0 aliphatic heterocycles. The minimum Gasteiger partial charge on any atom is -0.379 e. The van der Waals surface area contributed by atoms with Crippen molar-refractivity contribution in [2.24, 2.45) is 5.73 Å². The van der Waals surface area contributed by atoms with Crippen molar-refractivity contribution in [3.05, 3.63) is 11.6 Å². The minimum absolute atomic E-state index is 0.372. The van der Waals surface area contributed by atoms with Gasteiger partial charge in [0, 0.05) is 12.2 Å². The second kappa shape index (κ2) is 10.6. The summed E-state index contributed by atoms with van der Waals surface area (Å²) in [6.45, 7) is 6.48. The van der Waals surface area contributed by atoms with Crippen LogP contribution in [0.1, 0.15) is 33.1 Å². The molecule has 2 N–H and O–H groups in total. The summed E-state index contributed by atoms with van der Waals surface area (Å²) in [5, 5.41) is 0. The average Bonchev–Trinajstić information content (AvgIpc) is 2.26. The summed E-state index contributed by atoms with van der Waals surface area (Å²) in [5.74, 6) is -0.372. The fraction of sp³-hybridized carbons (Fsp3) is 0.750. The van der Waals surface area contributed by atoms with E-state index in [0.717, 1.165) is 19.4 Å². The Hall–Kier alpha value is -0.870. The number of rotatable bonds is 10. The van der Waals surface area contributed by atoms with Crippen LogP contribution in [-0.4, -0.2) is 32.3 Å². The smallest absolute Gasteiger partial charge is 0.244 e. The van der Waals surface area contributed by atoms with Crippen LogP contribution in [0.25, 0.3) is 0 Å². The zero-order valence-corrected chi connectivity index (χ0v) is 10.3. The maximum Gasteiger partial charge on any atom is 0.244 e. The molecule has 0 spiro atoms. The van der Waals surface area contributed by atoms with Crippen LogP contribution in [0.15, 0.2) is 11.6 Å². The molecule has 0 saturated carbocycles. The second-order valence-electron chi connectivity index (χ2n) is 3.62. The van der Waals surface area contributed by atoms with E-state index in [1.165, 1.54) is 0 Å². The van der Waals surface area contributed by atoms with Crippen molar-refractivity contribution in [2.75, 3.05) is 26.4 Å². The molecular weight excluding hydrogens is 206 g/mol. The molecule has 0 rings (SSSR count). The maximum atomic E-state index is 10.7. The Morgan fingerprint density at radius 1 is 1.19 bits per heavy atom. The molecule has 0 aromatic heterocycles. The number of carbonyl (C=O) groups excluding carboxylic acids is 1. The molecular formula is C12H23NO3. The minimum atomic E-state index is -0.372. The molecule has 0 unspecified atom stereocenters. The predicted octanol–water partition coefficient (Wildman–Crippen LogP) is 1.64. The molecule has 0 heterocycles. The molecule has 0 fully saturated rings. The summed E-state index contributed by atoms with van der Waals surface area (Å²) >= 11 is 0. The summed E-state index contributed by atoms with van der Waals surface area (Å²) in [6.07, 6.45) is 4.75. The first kappa shape index (κ1) is 15.1. The number of nitrogens with two attached hydrogens (primary N) is 1. The fourth-order valence-electron chi connectivity index (χ4n) is 1.03. The van der Waals surface area contributed by atoms with Gasteiger partial charge in [0.15, 0.2) is 0 Å². The summed E-state index contributed by atoms with van der Waals surface area (Å²) in [5.41, 5.74) is 5.66. The molecule has 0 aromatic carbocycles. The molecule has 0 aromatic rings. The molecule has 16 heavy (non-hydrogen) atoms. The van der Waals surface area contributed by atoms with E-state index in [-0.39, 0.29) is 5.91 Å². The summed E-state index contributed by atoms with van der Waals surface area (Å²) in [4.78, 5) is 10.7. The van der Waals surface area contributed by atoms with Gasteiger partial charge in [0.05, 0.1) is 19.8 Å². The Morgan fingerprint density at radius 3 is 2.38 bits per heavy atom. The Kier molecular flexibility index (Phi) is 10.1. The number of unbranched alkanes of at least 4 members (excludes halogenated alkanes) is 1. The van der Waals surface area contributed by atoms with E-state index in [1.54, 1.807) is 13.0 Å². The van der Waals surface area contributed by atoms with Gasteiger partial charge in [-0.15, -0.1) is 0 Å². The van der Waals surface area contributed by atoms with E-state index in [2.05, 4.69) is 6.92 Å². The van der Waals surface area contributed by atoms with Gasteiger partial charge in [0.2, 0.25) is 5.91 Å². The fourth-order valence-corrected chi connectivity index (χ4v) is 1.03. The second-order valence-corrected chi connectivity index (χ2v) is 3.62. The molecule has 1 amide bonds. The van der Waals surface area contributed by atoms with Crippen LogP contribution in [0.2, 0.25) is 0 Å².